The minimum absolute atomic E-state index is 0.642. The summed E-state index contributed by atoms with van der Waals surface area (Å²) in [4.78, 5) is 24.8. The number of rotatable bonds is 9. The molecule has 0 aliphatic rings. The van der Waals surface area contributed by atoms with E-state index in [9.17, 15) is 26.4 Å². The Morgan fingerprint density at radius 1 is 0.654 bits per heavy atom. The highest BCUT2D eigenvalue weighted by molar-refractivity contribution is 7.86. The summed E-state index contributed by atoms with van der Waals surface area (Å²) in [5.41, 5.74) is 0. The van der Waals surface area contributed by atoms with E-state index in [1.807, 2.05) is 0 Å². The lowest BCUT2D eigenvalue weighted by Gasteiger charge is -2.28. The Bertz CT molecular complexity index is 667. The molecule has 0 saturated carbocycles. The second-order valence-electron chi connectivity index (χ2n) is 7.51. The van der Waals surface area contributed by atoms with Crippen molar-refractivity contribution in [3.8, 4) is 0 Å². The van der Waals surface area contributed by atoms with Crippen molar-refractivity contribution in [3.05, 3.63) is 0 Å². The lowest BCUT2D eigenvalue weighted by atomic mass is 10.2. The minimum atomic E-state index is -4.26. The zero-order valence-corrected chi connectivity index (χ0v) is 19.7. The maximum atomic E-state index is 12.4. The standard InChI is InChI=1S/C12H26O10S2Si2/c1-23(15,16)19-9(11(13)21-25(3,4)5)10(20-24(2,17)18)12(14)22-26(6,7)8/h9-10H,1-8H3. The molecule has 0 rings (SSSR count). The van der Waals surface area contributed by atoms with E-state index in [0.29, 0.717) is 12.5 Å². The molecule has 10 nitrogen and oxygen atoms in total. The lowest BCUT2D eigenvalue weighted by Crippen LogP contribution is -2.51. The van der Waals surface area contributed by atoms with Crippen LogP contribution in [-0.4, -0.2) is 70.1 Å². The van der Waals surface area contributed by atoms with Crippen LogP contribution in [0.3, 0.4) is 0 Å². The summed E-state index contributed by atoms with van der Waals surface area (Å²) in [5.74, 6) is -2.45. The number of hydrogen-bond donors (Lipinski definition) is 0. The molecule has 26 heavy (non-hydrogen) atoms. The first kappa shape index (κ1) is 25.2. The molecular weight excluding hydrogens is 424 g/mol. The Labute approximate surface area is 156 Å². The van der Waals surface area contributed by atoms with Gasteiger partial charge in [0.05, 0.1) is 12.5 Å². The Kier molecular flexibility index (Phi) is 8.21. The van der Waals surface area contributed by atoms with Gasteiger partial charge in [-0.05, 0) is 39.3 Å². The first-order valence-electron chi connectivity index (χ1n) is 7.42. The van der Waals surface area contributed by atoms with Gasteiger partial charge in [0, 0.05) is 0 Å². The third-order valence-electron chi connectivity index (χ3n) is 2.11. The van der Waals surface area contributed by atoms with E-state index < -0.39 is 61.0 Å². The van der Waals surface area contributed by atoms with Crippen LogP contribution in [0.1, 0.15) is 0 Å². The van der Waals surface area contributed by atoms with Crippen LogP contribution in [0.25, 0.3) is 0 Å². The monoisotopic (exact) mass is 450 g/mol. The summed E-state index contributed by atoms with van der Waals surface area (Å²) in [6, 6.07) is 0. The molecule has 0 bridgehead atoms. The van der Waals surface area contributed by atoms with Crippen molar-refractivity contribution < 1.29 is 43.6 Å². The Balaban J connectivity index is 6.05. The number of hydrogen-bond acceptors (Lipinski definition) is 10. The summed E-state index contributed by atoms with van der Waals surface area (Å²) in [5, 5.41) is 0. The van der Waals surface area contributed by atoms with Gasteiger partial charge in [0.1, 0.15) is 0 Å². The average Bonchev–Trinajstić information content (AvgIpc) is 2.26. The topological polar surface area (TPSA) is 139 Å². The van der Waals surface area contributed by atoms with E-state index in [-0.39, 0.29) is 0 Å². The zero-order valence-electron chi connectivity index (χ0n) is 16.1. The van der Waals surface area contributed by atoms with Gasteiger partial charge in [-0.2, -0.15) is 16.8 Å². The van der Waals surface area contributed by atoms with E-state index in [2.05, 4.69) is 8.37 Å². The molecule has 14 heteroatoms. The van der Waals surface area contributed by atoms with Gasteiger partial charge in [0.15, 0.2) is 0 Å². The van der Waals surface area contributed by atoms with Crippen LogP contribution >= 0.6 is 0 Å². The van der Waals surface area contributed by atoms with Crippen LogP contribution in [0.15, 0.2) is 0 Å². The lowest BCUT2D eigenvalue weighted by molar-refractivity contribution is -0.158. The van der Waals surface area contributed by atoms with E-state index in [4.69, 9.17) is 8.85 Å². The largest absolute Gasteiger partial charge is 0.518 e. The number of carbonyl (C=O) groups is 2. The van der Waals surface area contributed by atoms with Crippen LogP contribution in [0.4, 0.5) is 0 Å². The van der Waals surface area contributed by atoms with Gasteiger partial charge in [0.2, 0.25) is 28.8 Å². The van der Waals surface area contributed by atoms with Crippen molar-refractivity contribution in [2.75, 3.05) is 12.5 Å². The fraction of sp³-hybridized carbons (Fsp3) is 0.833. The van der Waals surface area contributed by atoms with Crippen molar-refractivity contribution in [2.24, 2.45) is 0 Å². The van der Waals surface area contributed by atoms with Gasteiger partial charge in [-0.3, -0.25) is 18.0 Å². The number of carbonyl (C=O) groups excluding carboxylic acids is 2. The Morgan fingerprint density at radius 3 is 1.04 bits per heavy atom. The highest BCUT2D eigenvalue weighted by atomic mass is 32.2. The third-order valence-corrected chi connectivity index (χ3v) is 4.85. The van der Waals surface area contributed by atoms with E-state index in [1.165, 1.54) is 0 Å². The summed E-state index contributed by atoms with van der Waals surface area (Å²) in [6.45, 7) is 9.80. The average molecular weight is 451 g/mol. The van der Waals surface area contributed by atoms with Crippen molar-refractivity contribution in [2.45, 2.75) is 51.5 Å². The summed E-state index contributed by atoms with van der Waals surface area (Å²) >= 11 is 0. The van der Waals surface area contributed by atoms with Crippen LogP contribution in [0.2, 0.25) is 39.3 Å². The third kappa shape index (κ3) is 11.7. The molecule has 2 atom stereocenters. The molecule has 0 aliphatic heterocycles. The van der Waals surface area contributed by atoms with E-state index in [0.717, 1.165) is 0 Å². The molecule has 154 valence electrons. The van der Waals surface area contributed by atoms with E-state index >= 15 is 0 Å². The second-order valence-corrected chi connectivity index (χ2v) is 19.6. The molecule has 0 saturated heterocycles. The fourth-order valence-electron chi connectivity index (χ4n) is 1.52. The molecule has 0 aromatic carbocycles. The first-order valence-corrected chi connectivity index (χ1v) is 17.9. The smallest absolute Gasteiger partial charge is 0.326 e. The Hall–Kier alpha value is -0.806. The van der Waals surface area contributed by atoms with Crippen LogP contribution in [0.5, 0.6) is 0 Å². The summed E-state index contributed by atoms with van der Waals surface area (Å²) in [6.07, 6.45) is -3.03. The summed E-state index contributed by atoms with van der Waals surface area (Å²) in [7, 11) is -13.6. The molecule has 0 amide bonds. The van der Waals surface area contributed by atoms with Gasteiger partial charge in [-0.15, -0.1) is 0 Å². The normalized spacial score (nSPS) is 15.8. The maximum Gasteiger partial charge on any atom is 0.326 e. The molecule has 0 N–H and O–H groups in total. The summed E-state index contributed by atoms with van der Waals surface area (Å²) < 4.78 is 65.7. The highest BCUT2D eigenvalue weighted by Gasteiger charge is 2.45. The predicted octanol–water partition coefficient (Wildman–Crippen LogP) is 0.432. The van der Waals surface area contributed by atoms with Crippen molar-refractivity contribution >= 4 is 48.8 Å². The van der Waals surface area contributed by atoms with Gasteiger partial charge < -0.3 is 8.85 Å². The molecule has 0 aromatic heterocycles. The molecule has 0 fully saturated rings. The van der Waals surface area contributed by atoms with Gasteiger partial charge in [0.25, 0.3) is 20.2 Å². The van der Waals surface area contributed by atoms with Gasteiger partial charge >= 0.3 is 11.9 Å². The van der Waals surface area contributed by atoms with Crippen LogP contribution < -0.4 is 0 Å². The molecule has 0 radical (unpaired) electrons. The SMILES string of the molecule is C[Si](C)(C)OC(=O)C(OS(C)(=O)=O)C(OS(C)(=O)=O)C(=O)O[Si](C)(C)C. The van der Waals surface area contributed by atoms with Crippen LogP contribution in [-0.2, 0) is 47.0 Å². The Morgan fingerprint density at radius 2 is 0.885 bits per heavy atom. The van der Waals surface area contributed by atoms with E-state index in [1.54, 1.807) is 39.3 Å². The van der Waals surface area contributed by atoms with Gasteiger partial charge in [-0.1, -0.05) is 0 Å². The second kappa shape index (κ2) is 8.47. The molecular formula is C12H26O10S2Si2. The predicted molar refractivity (Wildman–Crippen MR) is 98.3 cm³/mol. The van der Waals surface area contributed by atoms with Gasteiger partial charge in [-0.25, -0.2) is 0 Å². The van der Waals surface area contributed by atoms with Crippen molar-refractivity contribution in [1.82, 2.24) is 0 Å². The first-order chi connectivity index (χ1) is 11.2. The fourth-order valence-corrected chi connectivity index (χ4v) is 4.07. The zero-order chi connectivity index (χ0) is 21.1. The molecule has 2 unspecified atom stereocenters. The van der Waals surface area contributed by atoms with Crippen molar-refractivity contribution in [3.63, 3.8) is 0 Å². The molecule has 0 aliphatic carbocycles. The highest BCUT2D eigenvalue weighted by Crippen LogP contribution is 2.18. The molecule has 0 heterocycles. The van der Waals surface area contributed by atoms with Crippen LogP contribution in [0, 0.1) is 0 Å². The van der Waals surface area contributed by atoms with Crippen molar-refractivity contribution in [1.29, 1.82) is 0 Å². The molecule has 0 aromatic rings. The maximum absolute atomic E-state index is 12.4. The molecule has 0 spiro atoms. The quantitative estimate of drug-likeness (QED) is 0.359. The minimum Gasteiger partial charge on any atom is -0.518 e.